The van der Waals surface area contributed by atoms with Gasteiger partial charge >= 0.3 is 6.03 Å². The number of nitrogens with one attached hydrogen (secondary N) is 1. The van der Waals surface area contributed by atoms with Crippen LogP contribution in [0.3, 0.4) is 0 Å². The van der Waals surface area contributed by atoms with Gasteiger partial charge in [0.1, 0.15) is 0 Å². The van der Waals surface area contributed by atoms with E-state index in [1.165, 1.54) is 4.90 Å². The average molecular weight is 415 g/mol. The zero-order chi connectivity index (χ0) is 20.0. The fourth-order valence-corrected chi connectivity index (χ4v) is 8.13. The molecule has 158 valence electrons. The zero-order valence-electron chi connectivity index (χ0n) is 17.4. The molecule has 2 aliphatic carbocycles. The highest BCUT2D eigenvalue weighted by Gasteiger charge is 2.48. The van der Waals surface area contributed by atoms with Crippen LogP contribution in [0.2, 0.25) is 0 Å². The monoisotopic (exact) mass is 414 g/mol. The maximum Gasteiger partial charge on any atom is 0.318 e. The molecule has 2 saturated heterocycles. The fourth-order valence-electron chi connectivity index (χ4n) is 6.79. The highest BCUT2D eigenvalue weighted by atomic mass is 32.2. The molecule has 0 aromatic heterocycles. The lowest BCUT2D eigenvalue weighted by Crippen LogP contribution is -2.59. The fraction of sp³-hybridized carbons (Fsp3) is 0.708. The number of fused-ring (bicyclic) bond motifs is 4. The van der Waals surface area contributed by atoms with Crippen LogP contribution in [0.1, 0.15) is 64.7 Å². The summed E-state index contributed by atoms with van der Waals surface area (Å²) in [6.07, 6.45) is 9.36. The summed E-state index contributed by atoms with van der Waals surface area (Å²) < 4.78 is 0. The molecule has 2 N–H and O–H groups in total. The summed E-state index contributed by atoms with van der Waals surface area (Å²) in [6, 6.07) is 11.8. The predicted molar refractivity (Wildman–Crippen MR) is 117 cm³/mol. The molecule has 4 fully saturated rings. The van der Waals surface area contributed by atoms with Crippen LogP contribution >= 0.6 is 11.8 Å². The summed E-state index contributed by atoms with van der Waals surface area (Å²) in [4.78, 5) is 16.9. The molecule has 7 atom stereocenters. The standard InChI is InChI=1S/C24H34N2O2S/c1-16-14-24(28)11-5-6-17(15-24)22(16)25-23(27)26-18-9-10-19(26)13-21(12-18)29-20-7-3-2-4-8-20/h2-4,7-8,16-19,21-22,28H,5-6,9-15H2,1H3,(H,25,27)/t16?,17?,18-,19+,21?,22-,24?/m1/s1. The minimum atomic E-state index is -0.477. The van der Waals surface area contributed by atoms with Crippen LogP contribution in [0.5, 0.6) is 0 Å². The van der Waals surface area contributed by atoms with Crippen molar-refractivity contribution in [2.45, 2.75) is 98.6 Å². The molecule has 29 heavy (non-hydrogen) atoms. The van der Waals surface area contributed by atoms with Gasteiger partial charge in [0.2, 0.25) is 0 Å². The number of carbonyl (C=O) groups is 1. The molecule has 5 rings (SSSR count). The molecule has 2 aliphatic heterocycles. The third-order valence-corrected chi connectivity index (χ3v) is 9.21. The normalized spacial score (nSPS) is 41.2. The Morgan fingerprint density at radius 1 is 1.14 bits per heavy atom. The largest absolute Gasteiger partial charge is 0.390 e. The van der Waals surface area contributed by atoms with Crippen molar-refractivity contribution in [2.75, 3.05) is 0 Å². The number of piperidine rings is 1. The third kappa shape index (κ3) is 3.93. The first kappa shape index (κ1) is 19.7. The second kappa shape index (κ2) is 7.81. The van der Waals surface area contributed by atoms with E-state index in [1.54, 1.807) is 0 Å². The van der Waals surface area contributed by atoms with Crippen LogP contribution in [-0.2, 0) is 0 Å². The number of hydrogen-bond donors (Lipinski definition) is 2. The average Bonchev–Trinajstić information content (AvgIpc) is 2.96. The van der Waals surface area contributed by atoms with Gasteiger partial charge in [-0.15, -0.1) is 11.8 Å². The SMILES string of the molecule is CC1CC2(O)CCCC(C2)[C@@H]1NC(=O)N1[C@@H]2CC[C@H]1CC(Sc1ccccc1)C2. The summed E-state index contributed by atoms with van der Waals surface area (Å²) in [5.41, 5.74) is -0.477. The Labute approximate surface area is 178 Å². The van der Waals surface area contributed by atoms with Crippen LogP contribution in [-0.4, -0.2) is 45.0 Å². The van der Waals surface area contributed by atoms with Crippen molar-refractivity contribution >= 4 is 17.8 Å². The van der Waals surface area contributed by atoms with E-state index < -0.39 is 5.60 Å². The summed E-state index contributed by atoms with van der Waals surface area (Å²) in [6.45, 7) is 2.21. The van der Waals surface area contributed by atoms with Crippen molar-refractivity contribution < 1.29 is 9.90 Å². The lowest BCUT2D eigenvalue weighted by molar-refractivity contribution is -0.0764. The smallest absolute Gasteiger partial charge is 0.318 e. The number of thioether (sulfide) groups is 1. The molecular formula is C24H34N2O2S. The van der Waals surface area contributed by atoms with Gasteiger partial charge in [-0.25, -0.2) is 4.79 Å². The molecule has 1 aromatic carbocycles. The Bertz CT molecular complexity index is 726. The van der Waals surface area contributed by atoms with Gasteiger partial charge in [0, 0.05) is 28.3 Å². The molecule has 1 aromatic rings. The Kier molecular flexibility index (Phi) is 5.32. The molecule has 4 bridgehead atoms. The van der Waals surface area contributed by atoms with Crippen LogP contribution in [0.4, 0.5) is 4.79 Å². The quantitative estimate of drug-likeness (QED) is 0.746. The topological polar surface area (TPSA) is 52.6 Å². The van der Waals surface area contributed by atoms with Gasteiger partial charge in [-0.1, -0.05) is 31.5 Å². The number of urea groups is 1. The van der Waals surface area contributed by atoms with Gasteiger partial charge in [0.05, 0.1) is 5.60 Å². The van der Waals surface area contributed by atoms with Crippen molar-refractivity contribution in [3.05, 3.63) is 30.3 Å². The number of carbonyl (C=O) groups excluding carboxylic acids is 1. The Hall–Kier alpha value is -1.20. The number of rotatable bonds is 3. The van der Waals surface area contributed by atoms with Crippen LogP contribution in [0.25, 0.3) is 0 Å². The van der Waals surface area contributed by atoms with Crippen molar-refractivity contribution in [1.29, 1.82) is 0 Å². The highest BCUT2D eigenvalue weighted by Crippen LogP contribution is 2.46. The molecular weight excluding hydrogens is 380 g/mol. The third-order valence-electron chi connectivity index (χ3n) is 7.94. The Morgan fingerprint density at radius 3 is 2.59 bits per heavy atom. The number of amides is 2. The van der Waals surface area contributed by atoms with E-state index in [4.69, 9.17) is 0 Å². The molecule has 4 unspecified atom stereocenters. The highest BCUT2D eigenvalue weighted by molar-refractivity contribution is 8.00. The second-order valence-electron chi connectivity index (χ2n) is 10.1. The molecule has 0 radical (unpaired) electrons. The van der Waals surface area contributed by atoms with Crippen molar-refractivity contribution in [2.24, 2.45) is 11.8 Å². The van der Waals surface area contributed by atoms with Crippen molar-refractivity contribution in [3.8, 4) is 0 Å². The first-order chi connectivity index (χ1) is 14.0. The molecule has 2 saturated carbocycles. The summed E-state index contributed by atoms with van der Waals surface area (Å²) in [5, 5.41) is 14.8. The first-order valence-electron chi connectivity index (χ1n) is 11.5. The van der Waals surface area contributed by atoms with Crippen molar-refractivity contribution in [1.82, 2.24) is 10.2 Å². The molecule has 2 heterocycles. The number of benzene rings is 1. The molecule has 0 spiro atoms. The zero-order valence-corrected chi connectivity index (χ0v) is 18.2. The minimum Gasteiger partial charge on any atom is -0.390 e. The first-order valence-corrected chi connectivity index (χ1v) is 12.4. The molecule has 4 aliphatic rings. The van der Waals surface area contributed by atoms with Gasteiger partial charge in [0.15, 0.2) is 0 Å². The van der Waals surface area contributed by atoms with Gasteiger partial charge in [-0.3, -0.25) is 0 Å². The summed E-state index contributed by atoms with van der Waals surface area (Å²) >= 11 is 1.99. The van der Waals surface area contributed by atoms with E-state index in [-0.39, 0.29) is 12.1 Å². The number of nitrogens with zero attached hydrogens (tertiary/aromatic N) is 1. The van der Waals surface area contributed by atoms with E-state index in [9.17, 15) is 9.90 Å². The maximum atomic E-state index is 13.3. The lowest BCUT2D eigenvalue weighted by atomic mass is 9.63. The van der Waals surface area contributed by atoms with Crippen LogP contribution in [0, 0.1) is 11.8 Å². The van der Waals surface area contributed by atoms with E-state index in [2.05, 4.69) is 47.5 Å². The van der Waals surface area contributed by atoms with Crippen molar-refractivity contribution in [3.63, 3.8) is 0 Å². The van der Waals surface area contributed by atoms with Crippen LogP contribution in [0.15, 0.2) is 35.2 Å². The summed E-state index contributed by atoms with van der Waals surface area (Å²) in [5.74, 6) is 0.789. The number of hydrogen-bond acceptors (Lipinski definition) is 3. The van der Waals surface area contributed by atoms with Gasteiger partial charge < -0.3 is 15.3 Å². The maximum absolute atomic E-state index is 13.3. The lowest BCUT2D eigenvalue weighted by Gasteiger charge is -2.50. The molecule has 4 nitrogen and oxygen atoms in total. The summed E-state index contributed by atoms with van der Waals surface area (Å²) in [7, 11) is 0. The Balaban J connectivity index is 1.22. The van der Waals surface area contributed by atoms with E-state index in [0.29, 0.717) is 29.2 Å². The van der Waals surface area contributed by atoms with E-state index in [0.717, 1.165) is 57.8 Å². The van der Waals surface area contributed by atoms with E-state index >= 15 is 0 Å². The molecule has 5 heteroatoms. The van der Waals surface area contributed by atoms with Gasteiger partial charge in [-0.05, 0) is 75.3 Å². The van der Waals surface area contributed by atoms with Crippen LogP contribution < -0.4 is 5.32 Å². The predicted octanol–water partition coefficient (Wildman–Crippen LogP) is 4.81. The minimum absolute atomic E-state index is 0.161. The van der Waals surface area contributed by atoms with Gasteiger partial charge in [0.25, 0.3) is 0 Å². The van der Waals surface area contributed by atoms with Gasteiger partial charge in [-0.2, -0.15) is 0 Å². The molecule has 2 amide bonds. The number of aliphatic hydroxyl groups is 1. The van der Waals surface area contributed by atoms with E-state index in [1.807, 2.05) is 11.8 Å². The Morgan fingerprint density at radius 2 is 1.86 bits per heavy atom. The second-order valence-corrected chi connectivity index (χ2v) is 11.4.